The highest BCUT2D eigenvalue weighted by Crippen LogP contribution is 2.22. The van der Waals surface area contributed by atoms with Gasteiger partial charge < -0.3 is 5.32 Å². The van der Waals surface area contributed by atoms with Crippen molar-refractivity contribution in [1.82, 2.24) is 0 Å². The zero-order valence-electron chi connectivity index (χ0n) is 10.7. The Hall–Kier alpha value is -1.97. The van der Waals surface area contributed by atoms with E-state index in [0.29, 0.717) is 11.1 Å². The lowest BCUT2D eigenvalue weighted by molar-refractivity contribution is 0.582. The molecule has 2 aromatic carbocycles. The molecule has 0 saturated carbocycles. The highest BCUT2D eigenvalue weighted by Gasteiger charge is 2.11. The lowest BCUT2D eigenvalue weighted by Crippen LogP contribution is -2.06. The van der Waals surface area contributed by atoms with E-state index in [1.54, 1.807) is 13.0 Å². The van der Waals surface area contributed by atoms with Crippen molar-refractivity contribution < 1.29 is 13.2 Å². The van der Waals surface area contributed by atoms with Gasteiger partial charge in [-0.1, -0.05) is 12.1 Å². The van der Waals surface area contributed by atoms with E-state index in [-0.39, 0.29) is 18.0 Å². The summed E-state index contributed by atoms with van der Waals surface area (Å²) in [6, 6.07) is 6.93. The number of hydrogen-bond donors (Lipinski definition) is 1. The van der Waals surface area contributed by atoms with Crippen LogP contribution in [0.25, 0.3) is 0 Å². The maximum absolute atomic E-state index is 13.8. The largest absolute Gasteiger partial charge is 0.376 e. The van der Waals surface area contributed by atoms with Crippen molar-refractivity contribution in [2.75, 3.05) is 5.32 Å². The molecule has 0 fully saturated rings. The van der Waals surface area contributed by atoms with Gasteiger partial charge in [0, 0.05) is 6.54 Å². The summed E-state index contributed by atoms with van der Waals surface area (Å²) in [5, 5.41) is 2.69. The summed E-state index contributed by atoms with van der Waals surface area (Å²) in [7, 11) is 0. The highest BCUT2D eigenvalue weighted by molar-refractivity contribution is 5.49. The second kappa shape index (κ2) is 5.34. The van der Waals surface area contributed by atoms with Gasteiger partial charge in [0.15, 0.2) is 5.82 Å². The van der Waals surface area contributed by atoms with Crippen molar-refractivity contribution in [3.8, 4) is 0 Å². The molecule has 0 aliphatic carbocycles. The molecular weight excluding hydrogens is 251 g/mol. The molecule has 2 rings (SSSR count). The van der Waals surface area contributed by atoms with Gasteiger partial charge in [-0.2, -0.15) is 0 Å². The smallest absolute Gasteiger partial charge is 0.152 e. The van der Waals surface area contributed by atoms with Crippen molar-refractivity contribution >= 4 is 5.69 Å². The van der Waals surface area contributed by atoms with Gasteiger partial charge in [-0.25, -0.2) is 13.2 Å². The van der Waals surface area contributed by atoms with Crippen molar-refractivity contribution in [3.63, 3.8) is 0 Å². The number of hydrogen-bond acceptors (Lipinski definition) is 1. The van der Waals surface area contributed by atoms with Crippen LogP contribution in [0.3, 0.4) is 0 Å². The molecule has 0 aliphatic heterocycles. The molecule has 0 atom stereocenters. The summed E-state index contributed by atoms with van der Waals surface area (Å²) in [6.07, 6.45) is 0. The molecule has 0 radical (unpaired) electrons. The van der Waals surface area contributed by atoms with Crippen LogP contribution in [-0.4, -0.2) is 0 Å². The third-order valence-electron chi connectivity index (χ3n) is 3.05. The van der Waals surface area contributed by atoms with Crippen molar-refractivity contribution in [2.24, 2.45) is 0 Å². The molecule has 0 unspecified atom stereocenters. The fourth-order valence-corrected chi connectivity index (χ4v) is 1.83. The van der Waals surface area contributed by atoms with Crippen molar-refractivity contribution in [3.05, 3.63) is 64.5 Å². The predicted molar refractivity (Wildman–Crippen MR) is 69.6 cm³/mol. The van der Waals surface area contributed by atoms with Crippen molar-refractivity contribution in [1.29, 1.82) is 0 Å². The second-order valence-corrected chi connectivity index (χ2v) is 4.48. The molecule has 19 heavy (non-hydrogen) atoms. The summed E-state index contributed by atoms with van der Waals surface area (Å²) >= 11 is 0. The SMILES string of the molecule is Cc1ccc(F)cc1CNc1c(F)ccc(C)c1F. The van der Waals surface area contributed by atoms with Crippen LogP contribution >= 0.6 is 0 Å². The minimum Gasteiger partial charge on any atom is -0.376 e. The van der Waals surface area contributed by atoms with Crippen LogP contribution in [0.15, 0.2) is 30.3 Å². The van der Waals surface area contributed by atoms with E-state index in [4.69, 9.17) is 0 Å². The molecule has 0 aromatic heterocycles. The Balaban J connectivity index is 2.24. The van der Waals surface area contributed by atoms with Gasteiger partial charge in [0.05, 0.1) is 0 Å². The van der Waals surface area contributed by atoms with Gasteiger partial charge in [-0.05, 0) is 48.7 Å². The first kappa shape index (κ1) is 13.5. The molecule has 0 aliphatic rings. The molecule has 0 spiro atoms. The molecular formula is C15H14F3N. The highest BCUT2D eigenvalue weighted by atomic mass is 19.1. The van der Waals surface area contributed by atoms with Gasteiger partial charge in [0.1, 0.15) is 17.3 Å². The molecule has 0 saturated heterocycles. The van der Waals surface area contributed by atoms with E-state index >= 15 is 0 Å². The maximum Gasteiger partial charge on any atom is 0.152 e. The Kier molecular flexibility index (Phi) is 3.79. The zero-order valence-corrected chi connectivity index (χ0v) is 10.7. The van der Waals surface area contributed by atoms with Crippen molar-refractivity contribution in [2.45, 2.75) is 20.4 Å². The van der Waals surface area contributed by atoms with Crippen LogP contribution in [0.5, 0.6) is 0 Å². The van der Waals surface area contributed by atoms with E-state index in [1.165, 1.54) is 24.3 Å². The molecule has 0 amide bonds. The Morgan fingerprint density at radius 3 is 2.37 bits per heavy atom. The predicted octanol–water partition coefficient (Wildman–Crippen LogP) is 4.33. The van der Waals surface area contributed by atoms with Gasteiger partial charge in [-0.3, -0.25) is 0 Å². The molecule has 0 heterocycles. The fourth-order valence-electron chi connectivity index (χ4n) is 1.83. The third-order valence-corrected chi connectivity index (χ3v) is 3.05. The fraction of sp³-hybridized carbons (Fsp3) is 0.200. The summed E-state index contributed by atoms with van der Waals surface area (Å²) in [4.78, 5) is 0. The van der Waals surface area contributed by atoms with Crippen LogP contribution in [-0.2, 0) is 6.54 Å². The normalized spacial score (nSPS) is 10.6. The molecule has 1 nitrogen and oxygen atoms in total. The topological polar surface area (TPSA) is 12.0 Å². The summed E-state index contributed by atoms with van der Waals surface area (Å²) in [6.45, 7) is 3.55. The number of benzene rings is 2. The number of anilines is 1. The van der Waals surface area contributed by atoms with Gasteiger partial charge in [-0.15, -0.1) is 0 Å². The molecule has 4 heteroatoms. The minimum absolute atomic E-state index is 0.168. The van der Waals surface area contributed by atoms with Gasteiger partial charge >= 0.3 is 0 Å². The molecule has 2 aromatic rings. The Morgan fingerprint density at radius 2 is 1.63 bits per heavy atom. The van der Waals surface area contributed by atoms with Crippen LogP contribution in [0.1, 0.15) is 16.7 Å². The van der Waals surface area contributed by atoms with E-state index in [1.807, 2.05) is 6.92 Å². The van der Waals surface area contributed by atoms with Crippen LogP contribution < -0.4 is 5.32 Å². The minimum atomic E-state index is -0.655. The maximum atomic E-state index is 13.8. The van der Waals surface area contributed by atoms with Gasteiger partial charge in [0.25, 0.3) is 0 Å². The average Bonchev–Trinajstić information content (AvgIpc) is 2.38. The summed E-state index contributed by atoms with van der Waals surface area (Å²) in [5.74, 6) is -1.64. The second-order valence-electron chi connectivity index (χ2n) is 4.48. The number of aryl methyl sites for hydroxylation is 2. The first-order valence-electron chi connectivity index (χ1n) is 5.92. The quantitative estimate of drug-likeness (QED) is 0.870. The third kappa shape index (κ3) is 2.89. The summed E-state index contributed by atoms with van der Waals surface area (Å²) in [5.41, 5.74) is 1.71. The van der Waals surface area contributed by atoms with E-state index in [0.717, 1.165) is 5.56 Å². The average molecular weight is 265 g/mol. The molecule has 0 bridgehead atoms. The first-order chi connectivity index (χ1) is 8.99. The first-order valence-corrected chi connectivity index (χ1v) is 5.92. The number of rotatable bonds is 3. The lowest BCUT2D eigenvalue weighted by atomic mass is 10.1. The Labute approximate surface area is 110 Å². The Bertz CT molecular complexity index is 609. The number of nitrogens with one attached hydrogen (secondary N) is 1. The lowest BCUT2D eigenvalue weighted by Gasteiger charge is -2.12. The summed E-state index contributed by atoms with van der Waals surface area (Å²) < 4.78 is 40.4. The van der Waals surface area contributed by atoms with Crippen LogP contribution in [0.4, 0.5) is 18.9 Å². The zero-order chi connectivity index (χ0) is 14.0. The standard InChI is InChI=1S/C15H14F3N/c1-9-3-5-12(16)7-11(9)8-19-15-13(17)6-4-10(2)14(15)18/h3-7,19H,8H2,1-2H3. The van der Waals surface area contributed by atoms with Gasteiger partial charge in [0.2, 0.25) is 0 Å². The number of halogens is 3. The van der Waals surface area contributed by atoms with E-state index in [9.17, 15) is 13.2 Å². The van der Waals surface area contributed by atoms with E-state index in [2.05, 4.69) is 5.32 Å². The van der Waals surface area contributed by atoms with Crippen LogP contribution in [0, 0.1) is 31.3 Å². The monoisotopic (exact) mass is 265 g/mol. The van der Waals surface area contributed by atoms with Crippen LogP contribution in [0.2, 0.25) is 0 Å². The molecule has 100 valence electrons. The van der Waals surface area contributed by atoms with E-state index < -0.39 is 11.6 Å². The molecule has 1 N–H and O–H groups in total. The Morgan fingerprint density at radius 1 is 0.947 bits per heavy atom.